The maximum absolute atomic E-state index is 13.7. The first-order chi connectivity index (χ1) is 20.9. The number of rotatable bonds is 12. The summed E-state index contributed by atoms with van der Waals surface area (Å²) in [7, 11) is -4.17. The van der Waals surface area contributed by atoms with Crippen molar-refractivity contribution in [2.24, 2.45) is 5.92 Å². The second-order valence-corrected chi connectivity index (χ2v) is 13.4. The molecule has 1 unspecified atom stereocenters. The molecule has 0 saturated carbocycles. The topological polar surface area (TPSA) is 113 Å². The van der Waals surface area contributed by atoms with Gasteiger partial charge in [0, 0.05) is 33.4 Å². The van der Waals surface area contributed by atoms with Crippen LogP contribution in [0.5, 0.6) is 0 Å². The molecule has 0 aliphatic heterocycles. The lowest BCUT2D eigenvalue weighted by Gasteiger charge is -2.19. The Morgan fingerprint density at radius 2 is 1.43 bits per heavy atom. The highest BCUT2D eigenvalue weighted by Gasteiger charge is 2.22. The van der Waals surface area contributed by atoms with E-state index in [1.165, 1.54) is 5.56 Å². The van der Waals surface area contributed by atoms with Crippen molar-refractivity contribution >= 4 is 50.8 Å². The van der Waals surface area contributed by atoms with Crippen LogP contribution in [0.25, 0.3) is 11.1 Å². The molecule has 4 aromatic carbocycles. The van der Waals surface area contributed by atoms with Gasteiger partial charge >= 0.3 is 0 Å². The largest absolute Gasteiger partial charge is 0.351 e. The lowest BCUT2D eigenvalue weighted by molar-refractivity contribution is -0.117. The van der Waals surface area contributed by atoms with Crippen LogP contribution in [-0.4, -0.2) is 37.1 Å². The van der Waals surface area contributed by atoms with Gasteiger partial charge in [-0.1, -0.05) is 91.6 Å². The standard InChI is InChI=1S/C34H34Cl2N2O5S/c1-22(2)19-23-3-7-26(8-4-23)31(20-24-5-9-27(10-6-24)33(39)37-17-18-44(41,42)43)34(40)38-29-14-11-25(12-15-29)30-16-13-28(35)21-32(30)36/h3-16,21-22,31H,17-20H2,1-2H3,(H,37,39)(H,38,40)(H,41,42,43). The summed E-state index contributed by atoms with van der Waals surface area (Å²) in [6.07, 6.45) is 1.33. The third kappa shape index (κ3) is 9.66. The van der Waals surface area contributed by atoms with Gasteiger partial charge in [0.1, 0.15) is 0 Å². The summed E-state index contributed by atoms with van der Waals surface area (Å²) in [6, 6.07) is 27.6. The normalized spacial score (nSPS) is 12.1. The fourth-order valence-corrected chi connectivity index (χ4v) is 5.71. The van der Waals surface area contributed by atoms with Crippen LogP contribution < -0.4 is 10.6 Å². The maximum Gasteiger partial charge on any atom is 0.266 e. The van der Waals surface area contributed by atoms with E-state index in [-0.39, 0.29) is 12.5 Å². The van der Waals surface area contributed by atoms with Crippen molar-refractivity contribution in [3.8, 4) is 11.1 Å². The van der Waals surface area contributed by atoms with Crippen LogP contribution in [0.15, 0.2) is 91.0 Å². The smallest absolute Gasteiger partial charge is 0.266 e. The van der Waals surface area contributed by atoms with E-state index in [9.17, 15) is 18.0 Å². The van der Waals surface area contributed by atoms with E-state index in [4.69, 9.17) is 27.8 Å². The van der Waals surface area contributed by atoms with Gasteiger partial charge < -0.3 is 10.6 Å². The molecule has 4 aromatic rings. The molecule has 10 heteroatoms. The van der Waals surface area contributed by atoms with Gasteiger partial charge in [0.2, 0.25) is 5.91 Å². The average molecular weight is 654 g/mol. The third-order valence-corrected chi connectivity index (χ3v) is 8.31. The Kier molecular flexibility index (Phi) is 11.2. The van der Waals surface area contributed by atoms with Gasteiger partial charge in [0.15, 0.2) is 0 Å². The minimum absolute atomic E-state index is 0.175. The van der Waals surface area contributed by atoms with Gasteiger partial charge in [-0.3, -0.25) is 14.1 Å². The number of anilines is 1. The fourth-order valence-electron chi connectivity index (χ4n) is 4.83. The van der Waals surface area contributed by atoms with Crippen LogP contribution in [0.1, 0.15) is 46.8 Å². The summed E-state index contributed by atoms with van der Waals surface area (Å²) in [4.78, 5) is 26.1. The quantitative estimate of drug-likeness (QED) is 0.138. The number of carbonyl (C=O) groups excluding carboxylic acids is 2. The van der Waals surface area contributed by atoms with Crippen molar-refractivity contribution in [2.75, 3.05) is 17.6 Å². The molecule has 44 heavy (non-hydrogen) atoms. The highest BCUT2D eigenvalue weighted by molar-refractivity contribution is 7.85. The SMILES string of the molecule is CC(C)Cc1ccc(C(Cc2ccc(C(=O)NCCS(=O)(=O)O)cc2)C(=O)Nc2ccc(-c3ccc(Cl)cc3Cl)cc2)cc1. The number of hydrogen-bond acceptors (Lipinski definition) is 4. The molecule has 1 atom stereocenters. The summed E-state index contributed by atoms with van der Waals surface area (Å²) in [5.41, 5.74) is 5.62. The Morgan fingerprint density at radius 3 is 2.02 bits per heavy atom. The van der Waals surface area contributed by atoms with Crippen LogP contribution >= 0.6 is 23.2 Å². The molecule has 0 aliphatic carbocycles. The average Bonchev–Trinajstić information content (AvgIpc) is 2.96. The van der Waals surface area contributed by atoms with Crippen LogP contribution in [0.2, 0.25) is 10.0 Å². The fraction of sp³-hybridized carbons (Fsp3) is 0.235. The van der Waals surface area contributed by atoms with Gasteiger partial charge in [-0.25, -0.2) is 0 Å². The van der Waals surface area contributed by atoms with Crippen LogP contribution in [-0.2, 0) is 27.8 Å². The van der Waals surface area contributed by atoms with Gasteiger partial charge in [0.25, 0.3) is 16.0 Å². The molecule has 0 bridgehead atoms. The summed E-state index contributed by atoms with van der Waals surface area (Å²) in [5.74, 6) is -1.21. The molecule has 0 saturated heterocycles. The van der Waals surface area contributed by atoms with E-state index in [2.05, 4.69) is 36.6 Å². The van der Waals surface area contributed by atoms with Crippen molar-refractivity contribution in [3.63, 3.8) is 0 Å². The maximum atomic E-state index is 13.7. The minimum atomic E-state index is -4.17. The molecule has 230 valence electrons. The molecule has 0 aliphatic rings. The number of benzene rings is 4. The molecular weight excluding hydrogens is 619 g/mol. The predicted octanol–water partition coefficient (Wildman–Crippen LogP) is 7.44. The first-order valence-corrected chi connectivity index (χ1v) is 16.5. The third-order valence-electron chi connectivity index (χ3n) is 7.04. The van der Waals surface area contributed by atoms with Crippen LogP contribution in [0, 0.1) is 5.92 Å². The number of carbonyl (C=O) groups is 2. The van der Waals surface area contributed by atoms with E-state index in [1.54, 1.807) is 36.4 Å². The Morgan fingerprint density at radius 1 is 0.818 bits per heavy atom. The van der Waals surface area contributed by atoms with Gasteiger partial charge in [0.05, 0.1) is 11.7 Å². The van der Waals surface area contributed by atoms with Gasteiger partial charge in [-0.05, 0) is 77.4 Å². The van der Waals surface area contributed by atoms with Crippen LogP contribution in [0.4, 0.5) is 5.69 Å². The molecule has 0 heterocycles. The molecule has 7 nitrogen and oxygen atoms in total. The second-order valence-electron chi connectivity index (χ2n) is 11.0. The minimum Gasteiger partial charge on any atom is -0.351 e. The van der Waals surface area contributed by atoms with Crippen LogP contribution in [0.3, 0.4) is 0 Å². The van der Waals surface area contributed by atoms with E-state index < -0.39 is 27.7 Å². The van der Waals surface area contributed by atoms with Crippen molar-refractivity contribution < 1.29 is 22.6 Å². The lowest BCUT2D eigenvalue weighted by atomic mass is 9.89. The highest BCUT2D eigenvalue weighted by Crippen LogP contribution is 2.31. The highest BCUT2D eigenvalue weighted by atomic mass is 35.5. The summed E-state index contributed by atoms with van der Waals surface area (Å²) in [6.45, 7) is 4.12. The zero-order valence-corrected chi connectivity index (χ0v) is 26.7. The Labute approximate surface area is 268 Å². The van der Waals surface area contributed by atoms with E-state index in [0.29, 0.717) is 33.6 Å². The van der Waals surface area contributed by atoms with Crippen molar-refractivity contribution in [1.29, 1.82) is 0 Å². The summed E-state index contributed by atoms with van der Waals surface area (Å²) < 4.78 is 30.7. The molecule has 0 aromatic heterocycles. The Hall–Kier alpha value is -3.69. The first-order valence-electron chi connectivity index (χ1n) is 14.2. The van der Waals surface area contributed by atoms with Crippen molar-refractivity contribution in [2.45, 2.75) is 32.6 Å². The molecule has 0 fully saturated rings. The Bertz CT molecular complexity index is 1710. The number of halogens is 2. The monoisotopic (exact) mass is 652 g/mol. The lowest BCUT2D eigenvalue weighted by Crippen LogP contribution is -2.28. The number of amides is 2. The predicted molar refractivity (Wildman–Crippen MR) is 177 cm³/mol. The van der Waals surface area contributed by atoms with Crippen molar-refractivity contribution in [3.05, 3.63) is 123 Å². The number of nitrogens with one attached hydrogen (secondary N) is 2. The van der Waals surface area contributed by atoms with E-state index >= 15 is 0 Å². The molecule has 0 radical (unpaired) electrons. The molecule has 0 spiro atoms. The Balaban J connectivity index is 1.51. The molecule has 4 rings (SSSR count). The summed E-state index contributed by atoms with van der Waals surface area (Å²) in [5, 5.41) is 6.61. The van der Waals surface area contributed by atoms with E-state index in [0.717, 1.165) is 28.7 Å². The first kappa shape index (κ1) is 33.2. The van der Waals surface area contributed by atoms with Gasteiger partial charge in [-0.2, -0.15) is 8.42 Å². The number of hydrogen-bond donors (Lipinski definition) is 3. The van der Waals surface area contributed by atoms with E-state index in [1.807, 2.05) is 42.5 Å². The summed E-state index contributed by atoms with van der Waals surface area (Å²) >= 11 is 12.4. The molecular formula is C34H34Cl2N2O5S. The zero-order chi connectivity index (χ0) is 31.9. The zero-order valence-electron chi connectivity index (χ0n) is 24.4. The van der Waals surface area contributed by atoms with Gasteiger partial charge in [-0.15, -0.1) is 0 Å². The second kappa shape index (κ2) is 14.9. The molecule has 2 amide bonds. The van der Waals surface area contributed by atoms with Crippen molar-refractivity contribution in [1.82, 2.24) is 5.32 Å². The molecule has 3 N–H and O–H groups in total.